The molecule has 0 saturated heterocycles. The molecule has 62 heavy (non-hydrogen) atoms. The number of rotatable bonds is 46. The fraction of sp³-hybridized carbons (Fsp3) is 0.732. The van der Waals surface area contributed by atoms with Gasteiger partial charge in [-0.1, -0.05) is 209 Å². The average Bonchev–Trinajstić information content (AvgIpc) is 3.27. The van der Waals surface area contributed by atoms with Crippen molar-refractivity contribution in [2.24, 2.45) is 0 Å². The van der Waals surface area contributed by atoms with Gasteiger partial charge in [0, 0.05) is 19.3 Å². The minimum atomic E-state index is -0.789. The van der Waals surface area contributed by atoms with Crippen LogP contribution in [0.1, 0.15) is 245 Å². The van der Waals surface area contributed by atoms with Crippen LogP contribution in [0.25, 0.3) is 0 Å². The summed E-state index contributed by atoms with van der Waals surface area (Å²) >= 11 is 0. The molecule has 0 aliphatic carbocycles. The molecule has 356 valence electrons. The van der Waals surface area contributed by atoms with Gasteiger partial charge in [-0.2, -0.15) is 0 Å². The molecular weight excluding hydrogens is 769 g/mol. The first-order valence-electron chi connectivity index (χ1n) is 25.9. The predicted octanol–water partition coefficient (Wildman–Crippen LogP) is 17.0. The van der Waals surface area contributed by atoms with Crippen molar-refractivity contribution >= 4 is 17.9 Å². The van der Waals surface area contributed by atoms with Gasteiger partial charge in [-0.15, -0.1) is 0 Å². The van der Waals surface area contributed by atoms with E-state index in [1.54, 1.807) is 0 Å². The average molecular weight is 865 g/mol. The summed E-state index contributed by atoms with van der Waals surface area (Å²) in [6, 6.07) is 0. The quantitative estimate of drug-likeness (QED) is 0.0262. The predicted molar refractivity (Wildman–Crippen MR) is 265 cm³/mol. The molecule has 0 spiro atoms. The van der Waals surface area contributed by atoms with Crippen LogP contribution in [0.2, 0.25) is 0 Å². The lowest BCUT2D eigenvalue weighted by Gasteiger charge is -2.18. The highest BCUT2D eigenvalue weighted by molar-refractivity contribution is 5.71. The molecule has 0 aliphatic heterocycles. The molecule has 0 saturated carbocycles. The summed E-state index contributed by atoms with van der Waals surface area (Å²) in [6.45, 7) is 6.46. The Morgan fingerprint density at radius 3 is 1.02 bits per heavy atom. The lowest BCUT2D eigenvalue weighted by Crippen LogP contribution is -2.30. The van der Waals surface area contributed by atoms with Crippen molar-refractivity contribution in [1.29, 1.82) is 0 Å². The number of ether oxygens (including phenoxy) is 3. The summed E-state index contributed by atoms with van der Waals surface area (Å²) in [4.78, 5) is 38.0. The fourth-order valence-electron chi connectivity index (χ4n) is 7.05. The summed E-state index contributed by atoms with van der Waals surface area (Å²) in [7, 11) is 0. The number of allylic oxidation sites excluding steroid dienone is 12. The Hall–Kier alpha value is -3.15. The number of carbonyl (C=O) groups excluding carboxylic acids is 3. The van der Waals surface area contributed by atoms with E-state index in [0.29, 0.717) is 19.3 Å². The van der Waals surface area contributed by atoms with Crippen molar-refractivity contribution in [3.05, 3.63) is 72.9 Å². The summed E-state index contributed by atoms with van der Waals surface area (Å²) in [6.07, 6.45) is 63.1. The molecule has 0 rings (SSSR count). The third-order valence-electron chi connectivity index (χ3n) is 10.9. The van der Waals surface area contributed by atoms with Gasteiger partial charge in [0.1, 0.15) is 13.2 Å². The molecule has 0 bridgehead atoms. The molecule has 0 aromatic heterocycles. The molecule has 0 radical (unpaired) electrons. The maximum absolute atomic E-state index is 12.8. The van der Waals surface area contributed by atoms with Crippen LogP contribution in [0, 0.1) is 0 Å². The van der Waals surface area contributed by atoms with Crippen LogP contribution in [0.3, 0.4) is 0 Å². The highest BCUT2D eigenvalue weighted by atomic mass is 16.6. The highest BCUT2D eigenvalue weighted by Crippen LogP contribution is 2.14. The summed E-state index contributed by atoms with van der Waals surface area (Å²) in [5, 5.41) is 0. The molecule has 0 unspecified atom stereocenters. The van der Waals surface area contributed by atoms with E-state index in [1.165, 1.54) is 89.9 Å². The van der Waals surface area contributed by atoms with Gasteiger partial charge in [0.15, 0.2) is 6.10 Å². The third-order valence-corrected chi connectivity index (χ3v) is 10.9. The van der Waals surface area contributed by atoms with Gasteiger partial charge in [-0.3, -0.25) is 14.4 Å². The topological polar surface area (TPSA) is 78.9 Å². The second-order valence-electron chi connectivity index (χ2n) is 17.1. The first kappa shape index (κ1) is 58.9. The van der Waals surface area contributed by atoms with Crippen LogP contribution in [-0.4, -0.2) is 37.2 Å². The lowest BCUT2D eigenvalue weighted by atomic mass is 10.0. The number of esters is 3. The van der Waals surface area contributed by atoms with Crippen LogP contribution in [0.4, 0.5) is 0 Å². The van der Waals surface area contributed by atoms with Crippen LogP contribution in [0.15, 0.2) is 72.9 Å². The maximum atomic E-state index is 12.8. The van der Waals surface area contributed by atoms with E-state index in [4.69, 9.17) is 14.2 Å². The van der Waals surface area contributed by atoms with Gasteiger partial charge in [0.2, 0.25) is 0 Å². The Morgan fingerprint density at radius 1 is 0.339 bits per heavy atom. The largest absolute Gasteiger partial charge is 0.462 e. The van der Waals surface area contributed by atoms with E-state index >= 15 is 0 Å². The number of unbranched alkanes of at least 4 members (excludes halogenated alkanes) is 23. The molecule has 6 heteroatoms. The zero-order valence-electron chi connectivity index (χ0n) is 40.6. The molecule has 0 fully saturated rings. The van der Waals surface area contributed by atoms with Gasteiger partial charge >= 0.3 is 17.9 Å². The molecule has 0 aliphatic rings. The molecule has 0 aromatic carbocycles. The second-order valence-corrected chi connectivity index (χ2v) is 17.1. The minimum Gasteiger partial charge on any atom is -0.462 e. The van der Waals surface area contributed by atoms with Crippen LogP contribution in [-0.2, 0) is 28.6 Å². The Labute approximate surface area is 382 Å². The maximum Gasteiger partial charge on any atom is 0.306 e. The van der Waals surface area contributed by atoms with Gasteiger partial charge in [-0.05, 0) is 89.9 Å². The van der Waals surface area contributed by atoms with Gasteiger partial charge < -0.3 is 14.2 Å². The van der Waals surface area contributed by atoms with Gasteiger partial charge in [0.25, 0.3) is 0 Å². The molecule has 0 heterocycles. The Balaban J connectivity index is 4.43. The number of hydrogen-bond donors (Lipinski definition) is 0. The second kappa shape index (κ2) is 50.5. The van der Waals surface area contributed by atoms with Crippen molar-refractivity contribution in [3.63, 3.8) is 0 Å². The molecular formula is C56H96O6. The van der Waals surface area contributed by atoms with Crippen molar-refractivity contribution in [2.75, 3.05) is 13.2 Å². The van der Waals surface area contributed by atoms with Gasteiger partial charge in [0.05, 0.1) is 0 Å². The Bertz CT molecular complexity index is 1180. The van der Waals surface area contributed by atoms with Crippen molar-refractivity contribution < 1.29 is 28.6 Å². The van der Waals surface area contributed by atoms with E-state index in [9.17, 15) is 14.4 Å². The first-order valence-corrected chi connectivity index (χ1v) is 25.9. The highest BCUT2D eigenvalue weighted by Gasteiger charge is 2.19. The van der Waals surface area contributed by atoms with Crippen LogP contribution >= 0.6 is 0 Å². The van der Waals surface area contributed by atoms with E-state index in [-0.39, 0.29) is 31.1 Å². The SMILES string of the molecule is CC/C=C\C/C=C\C/C=C\C/C=C\CCCCCCC(=O)OC[C@H](COC(=O)CCCCCCC/C=C\C/C=C\CCCCC)OC(=O)CCCCCCCCCCCCCC. The van der Waals surface area contributed by atoms with E-state index in [0.717, 1.165) is 116 Å². The van der Waals surface area contributed by atoms with Crippen molar-refractivity contribution in [2.45, 2.75) is 252 Å². The van der Waals surface area contributed by atoms with Gasteiger partial charge in [-0.25, -0.2) is 0 Å². The minimum absolute atomic E-state index is 0.0894. The summed E-state index contributed by atoms with van der Waals surface area (Å²) in [5.41, 5.74) is 0. The molecule has 1 atom stereocenters. The summed E-state index contributed by atoms with van der Waals surface area (Å²) in [5.74, 6) is -0.923. The number of hydrogen-bond acceptors (Lipinski definition) is 6. The van der Waals surface area contributed by atoms with E-state index in [1.807, 2.05) is 0 Å². The van der Waals surface area contributed by atoms with Crippen molar-refractivity contribution in [1.82, 2.24) is 0 Å². The zero-order chi connectivity index (χ0) is 45.1. The van der Waals surface area contributed by atoms with Crippen LogP contribution < -0.4 is 0 Å². The standard InChI is InChI=1S/C56H96O6/c1-4-7-10-13-16-19-22-25-27-28-30-32-35-37-40-43-46-49-55(58)61-52-53(62-56(59)50-47-44-41-38-33-24-21-18-15-12-9-6-3)51-60-54(57)48-45-42-39-36-34-31-29-26-23-20-17-14-11-8-5-2/h7,10,16-17,19-20,25-27,29-30,32,53H,4-6,8-9,11-15,18,21-24,28,31,33-52H2,1-3H3/b10-7-,19-16-,20-17-,27-25-,29-26-,32-30-/t53-/m0/s1. The van der Waals surface area contributed by atoms with E-state index in [2.05, 4.69) is 93.7 Å². The zero-order valence-corrected chi connectivity index (χ0v) is 40.6. The van der Waals surface area contributed by atoms with Crippen LogP contribution in [0.5, 0.6) is 0 Å². The molecule has 0 aromatic rings. The molecule has 0 amide bonds. The normalized spacial score (nSPS) is 12.6. The molecule has 6 nitrogen and oxygen atoms in total. The Morgan fingerprint density at radius 2 is 0.629 bits per heavy atom. The van der Waals surface area contributed by atoms with Crippen molar-refractivity contribution in [3.8, 4) is 0 Å². The molecule has 0 N–H and O–H groups in total. The first-order chi connectivity index (χ1) is 30.5. The monoisotopic (exact) mass is 865 g/mol. The summed E-state index contributed by atoms with van der Waals surface area (Å²) < 4.78 is 16.8. The smallest absolute Gasteiger partial charge is 0.306 e. The van der Waals surface area contributed by atoms with E-state index < -0.39 is 6.10 Å². The third kappa shape index (κ3) is 47.9. The lowest BCUT2D eigenvalue weighted by molar-refractivity contribution is -0.167. The number of carbonyl (C=O) groups is 3. The Kier molecular flexibility index (Phi) is 47.9. The fourth-order valence-corrected chi connectivity index (χ4v) is 7.05.